The highest BCUT2D eigenvalue weighted by Crippen LogP contribution is 2.24. The summed E-state index contributed by atoms with van der Waals surface area (Å²) in [6.45, 7) is 3.17. The van der Waals surface area contributed by atoms with Crippen molar-refractivity contribution in [2.24, 2.45) is 5.92 Å². The zero-order valence-electron chi connectivity index (χ0n) is 10.3. The normalized spacial score (nSPS) is 19.3. The highest BCUT2D eigenvalue weighted by molar-refractivity contribution is 6.08. The number of Topliss-reactive ketones (excluding diaryl/α,β-unsaturated/α-hetero) is 1. The van der Waals surface area contributed by atoms with Gasteiger partial charge in [-0.2, -0.15) is 0 Å². The smallest absolute Gasteiger partial charge is 0.169 e. The number of ether oxygens (including phenoxy) is 1. The van der Waals surface area contributed by atoms with Gasteiger partial charge >= 0.3 is 0 Å². The predicted molar refractivity (Wildman–Crippen MR) is 69.7 cm³/mol. The summed E-state index contributed by atoms with van der Waals surface area (Å²) < 4.78 is 5.31. The number of rotatable bonds is 2. The minimum absolute atomic E-state index is 0.00945. The van der Waals surface area contributed by atoms with E-state index in [4.69, 9.17) is 4.74 Å². The van der Waals surface area contributed by atoms with E-state index in [1.165, 1.54) is 0 Å². The van der Waals surface area contributed by atoms with Gasteiger partial charge in [-0.1, -0.05) is 18.2 Å². The third-order valence-electron chi connectivity index (χ3n) is 3.41. The molecule has 1 unspecified atom stereocenters. The number of hydrogen-bond donors (Lipinski definition) is 0. The monoisotopic (exact) mass is 241 g/mol. The van der Waals surface area contributed by atoms with E-state index in [9.17, 15) is 4.79 Å². The number of fused-ring (bicyclic) bond motifs is 1. The Morgan fingerprint density at radius 3 is 3.00 bits per heavy atom. The molecule has 3 heteroatoms. The summed E-state index contributed by atoms with van der Waals surface area (Å²) in [4.78, 5) is 17.0. The molecule has 3 nitrogen and oxygen atoms in total. The number of hydrogen-bond acceptors (Lipinski definition) is 3. The van der Waals surface area contributed by atoms with Crippen molar-refractivity contribution in [3.8, 4) is 0 Å². The number of benzene rings is 1. The Kier molecular flexibility index (Phi) is 2.84. The van der Waals surface area contributed by atoms with Crippen LogP contribution in [0.3, 0.4) is 0 Å². The van der Waals surface area contributed by atoms with Crippen molar-refractivity contribution in [3.05, 3.63) is 41.6 Å². The molecule has 1 atom stereocenters. The number of pyridine rings is 1. The first-order valence-electron chi connectivity index (χ1n) is 6.24. The number of carbonyl (C=O) groups is 1. The lowest BCUT2D eigenvalue weighted by Gasteiger charge is -2.10. The van der Waals surface area contributed by atoms with E-state index in [1.807, 2.05) is 37.3 Å². The highest BCUT2D eigenvalue weighted by atomic mass is 16.5. The summed E-state index contributed by atoms with van der Waals surface area (Å²) in [6.07, 6.45) is 0.828. The van der Waals surface area contributed by atoms with E-state index in [0.717, 1.165) is 28.6 Å². The van der Waals surface area contributed by atoms with E-state index < -0.39 is 0 Å². The van der Waals surface area contributed by atoms with Gasteiger partial charge in [0.05, 0.1) is 12.1 Å². The maximum Gasteiger partial charge on any atom is 0.169 e. The molecule has 0 N–H and O–H groups in total. The molecule has 1 aliphatic rings. The van der Waals surface area contributed by atoms with Crippen molar-refractivity contribution in [2.75, 3.05) is 13.2 Å². The highest BCUT2D eigenvalue weighted by Gasteiger charge is 2.26. The summed E-state index contributed by atoms with van der Waals surface area (Å²) in [6, 6.07) is 9.70. The molecular formula is C15H15NO2. The van der Waals surface area contributed by atoms with Crippen LogP contribution < -0.4 is 0 Å². The van der Waals surface area contributed by atoms with Gasteiger partial charge in [0.25, 0.3) is 0 Å². The van der Waals surface area contributed by atoms with Gasteiger partial charge in [0.2, 0.25) is 0 Å². The van der Waals surface area contributed by atoms with Gasteiger partial charge in [-0.25, -0.2) is 0 Å². The van der Waals surface area contributed by atoms with Gasteiger partial charge in [0.1, 0.15) is 0 Å². The third kappa shape index (κ3) is 1.91. The lowest BCUT2D eigenvalue weighted by atomic mass is 9.94. The molecular weight excluding hydrogens is 226 g/mol. The van der Waals surface area contributed by atoms with Crippen molar-refractivity contribution in [1.82, 2.24) is 4.98 Å². The van der Waals surface area contributed by atoms with Gasteiger partial charge in [0.15, 0.2) is 5.78 Å². The molecule has 2 heterocycles. The van der Waals surface area contributed by atoms with Gasteiger partial charge in [0, 0.05) is 29.2 Å². The van der Waals surface area contributed by atoms with Gasteiger partial charge in [-0.3, -0.25) is 9.78 Å². The van der Waals surface area contributed by atoms with Crippen molar-refractivity contribution in [1.29, 1.82) is 0 Å². The number of ketones is 1. The number of para-hydroxylation sites is 1. The molecule has 18 heavy (non-hydrogen) atoms. The summed E-state index contributed by atoms with van der Waals surface area (Å²) in [5, 5.41) is 0.944. The van der Waals surface area contributed by atoms with Crippen LogP contribution in [-0.2, 0) is 4.74 Å². The summed E-state index contributed by atoms with van der Waals surface area (Å²) in [5.74, 6) is 0.199. The van der Waals surface area contributed by atoms with Crippen LogP contribution in [0.1, 0.15) is 22.5 Å². The molecule has 1 aromatic heterocycles. The number of nitrogens with zero attached hydrogens (tertiary/aromatic N) is 1. The topological polar surface area (TPSA) is 39.2 Å². The van der Waals surface area contributed by atoms with E-state index in [2.05, 4.69) is 4.98 Å². The second-order valence-electron chi connectivity index (χ2n) is 4.75. The van der Waals surface area contributed by atoms with Gasteiger partial charge in [-0.15, -0.1) is 0 Å². The lowest BCUT2D eigenvalue weighted by molar-refractivity contribution is 0.0902. The zero-order chi connectivity index (χ0) is 12.5. The van der Waals surface area contributed by atoms with Crippen molar-refractivity contribution in [2.45, 2.75) is 13.3 Å². The lowest BCUT2D eigenvalue weighted by Crippen LogP contribution is -2.15. The van der Waals surface area contributed by atoms with Crippen LogP contribution in [0.4, 0.5) is 0 Å². The minimum Gasteiger partial charge on any atom is -0.381 e. The first kappa shape index (κ1) is 11.4. The molecule has 0 bridgehead atoms. The summed E-state index contributed by atoms with van der Waals surface area (Å²) >= 11 is 0. The molecule has 1 fully saturated rings. The van der Waals surface area contributed by atoms with Crippen LogP contribution >= 0.6 is 0 Å². The molecule has 2 aromatic rings. The van der Waals surface area contributed by atoms with Crippen molar-refractivity contribution >= 4 is 16.7 Å². The molecule has 0 amide bonds. The van der Waals surface area contributed by atoms with E-state index >= 15 is 0 Å². The standard InChI is InChI=1S/C15H15NO2/c1-10-8-13(15(17)11-6-7-18-9-11)12-4-2-3-5-14(12)16-10/h2-5,8,11H,6-7,9H2,1H3. The van der Waals surface area contributed by atoms with E-state index in [-0.39, 0.29) is 11.7 Å². The maximum absolute atomic E-state index is 12.5. The van der Waals surface area contributed by atoms with Crippen LogP contribution in [0, 0.1) is 12.8 Å². The van der Waals surface area contributed by atoms with Crippen LogP contribution in [0.5, 0.6) is 0 Å². The SMILES string of the molecule is Cc1cc(C(=O)C2CCOC2)c2ccccc2n1. The molecule has 1 aromatic carbocycles. The Morgan fingerprint density at radius 2 is 2.22 bits per heavy atom. The first-order chi connectivity index (χ1) is 8.75. The number of aryl methyl sites for hydroxylation is 1. The Labute approximate surface area is 106 Å². The molecule has 1 aliphatic heterocycles. The molecule has 0 spiro atoms. The molecule has 1 saturated heterocycles. The quantitative estimate of drug-likeness (QED) is 0.759. The molecule has 92 valence electrons. The Hall–Kier alpha value is -1.74. The van der Waals surface area contributed by atoms with Gasteiger partial charge < -0.3 is 4.74 Å². The average molecular weight is 241 g/mol. The Morgan fingerprint density at radius 1 is 1.39 bits per heavy atom. The van der Waals surface area contributed by atoms with E-state index in [1.54, 1.807) is 0 Å². The molecule has 3 rings (SSSR count). The Balaban J connectivity index is 2.12. The molecule has 0 aliphatic carbocycles. The van der Waals surface area contributed by atoms with E-state index in [0.29, 0.717) is 13.2 Å². The summed E-state index contributed by atoms with van der Waals surface area (Å²) in [5.41, 5.74) is 2.56. The average Bonchev–Trinajstić information content (AvgIpc) is 2.90. The molecule has 0 saturated carbocycles. The Bertz CT molecular complexity index is 600. The van der Waals surface area contributed by atoms with Crippen molar-refractivity contribution in [3.63, 3.8) is 0 Å². The van der Waals surface area contributed by atoms with Crippen molar-refractivity contribution < 1.29 is 9.53 Å². The first-order valence-corrected chi connectivity index (χ1v) is 6.24. The predicted octanol–water partition coefficient (Wildman–Crippen LogP) is 2.76. The zero-order valence-corrected chi connectivity index (χ0v) is 10.3. The van der Waals surface area contributed by atoms with Crippen LogP contribution in [0.2, 0.25) is 0 Å². The summed E-state index contributed by atoms with van der Waals surface area (Å²) in [7, 11) is 0. The van der Waals surface area contributed by atoms with Crippen LogP contribution in [-0.4, -0.2) is 24.0 Å². The minimum atomic E-state index is 0.00945. The fraction of sp³-hybridized carbons (Fsp3) is 0.333. The fourth-order valence-electron chi connectivity index (χ4n) is 2.47. The van der Waals surface area contributed by atoms with Crippen LogP contribution in [0.15, 0.2) is 30.3 Å². The maximum atomic E-state index is 12.5. The largest absolute Gasteiger partial charge is 0.381 e. The number of aromatic nitrogens is 1. The number of carbonyl (C=O) groups excluding carboxylic acids is 1. The second-order valence-corrected chi connectivity index (χ2v) is 4.75. The molecule has 0 radical (unpaired) electrons. The fourth-order valence-corrected chi connectivity index (χ4v) is 2.47. The van der Waals surface area contributed by atoms with Crippen LogP contribution in [0.25, 0.3) is 10.9 Å². The van der Waals surface area contributed by atoms with Gasteiger partial charge in [-0.05, 0) is 25.5 Å². The third-order valence-corrected chi connectivity index (χ3v) is 3.41. The second kappa shape index (κ2) is 4.50.